The highest BCUT2D eigenvalue weighted by atomic mass is 16.4. The maximum absolute atomic E-state index is 11.9. The van der Waals surface area contributed by atoms with Crippen LogP contribution in [0.25, 0.3) is 0 Å². The lowest BCUT2D eigenvalue weighted by molar-refractivity contribution is -0.139. The molecule has 0 aromatic carbocycles. The summed E-state index contributed by atoms with van der Waals surface area (Å²) in [7, 11) is 0. The van der Waals surface area contributed by atoms with Crippen LogP contribution in [-0.2, 0) is 4.79 Å². The second-order valence-corrected chi connectivity index (χ2v) is 4.25. The summed E-state index contributed by atoms with van der Waals surface area (Å²) < 4.78 is 0. The summed E-state index contributed by atoms with van der Waals surface area (Å²) in [4.78, 5) is 24.4. The predicted octanol–water partition coefficient (Wildman–Crippen LogP) is 0.406. The van der Waals surface area contributed by atoms with Crippen molar-refractivity contribution in [2.45, 2.75) is 44.7 Å². The zero-order valence-corrected chi connectivity index (χ0v) is 10.1. The number of aliphatic carboxylic acids is 1. The molecule has 3 N–H and O–H groups in total. The molecule has 17 heavy (non-hydrogen) atoms. The number of nitrogens with one attached hydrogen (secondary N) is 1. The highest BCUT2D eigenvalue weighted by molar-refractivity contribution is 5.82. The van der Waals surface area contributed by atoms with Crippen molar-refractivity contribution in [2.24, 2.45) is 0 Å². The molecular formula is C11H20N2O4. The average molecular weight is 244 g/mol. The molecule has 2 unspecified atom stereocenters. The van der Waals surface area contributed by atoms with Crippen molar-refractivity contribution in [3.05, 3.63) is 0 Å². The number of aliphatic hydroxyl groups is 1. The van der Waals surface area contributed by atoms with Gasteiger partial charge in [-0.05, 0) is 19.3 Å². The zero-order chi connectivity index (χ0) is 12.8. The third-order valence-electron chi connectivity index (χ3n) is 3.12. The molecule has 6 heteroatoms. The van der Waals surface area contributed by atoms with Crippen LogP contribution in [0.3, 0.4) is 0 Å². The van der Waals surface area contributed by atoms with E-state index in [0.29, 0.717) is 6.54 Å². The molecule has 0 aromatic rings. The van der Waals surface area contributed by atoms with Crippen molar-refractivity contribution in [2.75, 3.05) is 13.2 Å². The van der Waals surface area contributed by atoms with E-state index in [1.54, 1.807) is 4.90 Å². The van der Waals surface area contributed by atoms with E-state index < -0.39 is 12.0 Å². The van der Waals surface area contributed by atoms with Gasteiger partial charge in [-0.25, -0.2) is 9.59 Å². The summed E-state index contributed by atoms with van der Waals surface area (Å²) in [5, 5.41) is 20.1. The molecule has 1 aliphatic rings. The molecular weight excluding hydrogens is 224 g/mol. The monoisotopic (exact) mass is 244 g/mol. The van der Waals surface area contributed by atoms with Gasteiger partial charge in [0.05, 0.1) is 0 Å². The fraction of sp³-hybridized carbons (Fsp3) is 0.818. The fourth-order valence-corrected chi connectivity index (χ4v) is 2.15. The first kappa shape index (κ1) is 13.8. The van der Waals surface area contributed by atoms with Gasteiger partial charge in [0.15, 0.2) is 0 Å². The molecule has 1 aliphatic heterocycles. The number of aliphatic hydroxyl groups excluding tert-OH is 1. The van der Waals surface area contributed by atoms with Crippen molar-refractivity contribution in [1.82, 2.24) is 10.2 Å². The molecule has 0 aliphatic carbocycles. The number of carboxylic acids is 1. The Kier molecular flexibility index (Phi) is 5.21. The van der Waals surface area contributed by atoms with Crippen LogP contribution in [0.15, 0.2) is 0 Å². The van der Waals surface area contributed by atoms with E-state index in [-0.39, 0.29) is 25.1 Å². The second kappa shape index (κ2) is 6.44. The number of amides is 2. The molecule has 2 amide bonds. The number of nitrogens with zero attached hydrogens (tertiary/aromatic N) is 1. The molecule has 0 spiro atoms. The Morgan fingerprint density at radius 1 is 1.53 bits per heavy atom. The van der Waals surface area contributed by atoms with Crippen LogP contribution in [-0.4, -0.2) is 52.3 Å². The third-order valence-corrected chi connectivity index (χ3v) is 3.12. The van der Waals surface area contributed by atoms with Crippen molar-refractivity contribution in [1.29, 1.82) is 0 Å². The second-order valence-electron chi connectivity index (χ2n) is 4.25. The maximum Gasteiger partial charge on any atom is 0.326 e. The maximum atomic E-state index is 11.9. The SMILES string of the molecule is CCC1CCCN1C(=O)NC(CCO)C(=O)O. The van der Waals surface area contributed by atoms with Crippen LogP contribution in [0.5, 0.6) is 0 Å². The van der Waals surface area contributed by atoms with Crippen LogP contribution < -0.4 is 5.32 Å². The Hall–Kier alpha value is -1.30. The van der Waals surface area contributed by atoms with Crippen LogP contribution >= 0.6 is 0 Å². The summed E-state index contributed by atoms with van der Waals surface area (Å²) in [6.07, 6.45) is 2.85. The van der Waals surface area contributed by atoms with Crippen molar-refractivity contribution >= 4 is 12.0 Å². The van der Waals surface area contributed by atoms with Gasteiger partial charge in [0.1, 0.15) is 6.04 Å². The van der Waals surface area contributed by atoms with E-state index in [4.69, 9.17) is 10.2 Å². The normalized spacial score (nSPS) is 21.3. The van der Waals surface area contributed by atoms with E-state index >= 15 is 0 Å². The molecule has 1 fully saturated rings. The number of urea groups is 1. The number of carboxylic acid groups (broad SMARTS) is 1. The van der Waals surface area contributed by atoms with Crippen molar-refractivity contribution in [3.8, 4) is 0 Å². The van der Waals surface area contributed by atoms with Crippen molar-refractivity contribution in [3.63, 3.8) is 0 Å². The predicted molar refractivity (Wildman–Crippen MR) is 61.7 cm³/mol. The smallest absolute Gasteiger partial charge is 0.326 e. The summed E-state index contributed by atoms with van der Waals surface area (Å²) in [5.74, 6) is -1.11. The summed E-state index contributed by atoms with van der Waals surface area (Å²) in [6, 6.07) is -1.14. The summed E-state index contributed by atoms with van der Waals surface area (Å²) in [6.45, 7) is 2.43. The van der Waals surface area contributed by atoms with Gasteiger partial charge in [-0.15, -0.1) is 0 Å². The number of rotatable bonds is 5. The van der Waals surface area contributed by atoms with E-state index in [2.05, 4.69) is 5.32 Å². The third kappa shape index (κ3) is 3.59. The lowest BCUT2D eigenvalue weighted by Crippen LogP contribution is -2.49. The lowest BCUT2D eigenvalue weighted by atomic mass is 10.2. The molecule has 1 rings (SSSR count). The lowest BCUT2D eigenvalue weighted by Gasteiger charge is -2.25. The standard InChI is InChI=1S/C11H20N2O4/c1-2-8-4-3-6-13(8)11(17)12-9(5-7-14)10(15)16/h8-9,14H,2-7H2,1H3,(H,12,17)(H,15,16). The Morgan fingerprint density at radius 3 is 2.76 bits per heavy atom. The topological polar surface area (TPSA) is 89.9 Å². The average Bonchev–Trinajstić information content (AvgIpc) is 2.76. The minimum absolute atomic E-state index is 0.0334. The van der Waals surface area contributed by atoms with Gasteiger partial charge in [0.2, 0.25) is 0 Å². The molecule has 1 saturated heterocycles. The number of carbonyl (C=O) groups excluding carboxylic acids is 1. The highest BCUT2D eigenvalue weighted by Gasteiger charge is 2.29. The van der Waals surface area contributed by atoms with E-state index in [1.165, 1.54) is 0 Å². The van der Waals surface area contributed by atoms with Gasteiger partial charge in [0, 0.05) is 25.6 Å². The van der Waals surface area contributed by atoms with Gasteiger partial charge in [-0.2, -0.15) is 0 Å². The molecule has 0 bridgehead atoms. The first-order valence-electron chi connectivity index (χ1n) is 6.01. The Morgan fingerprint density at radius 2 is 2.24 bits per heavy atom. The number of carbonyl (C=O) groups is 2. The summed E-state index contributed by atoms with van der Waals surface area (Å²) in [5.41, 5.74) is 0. The largest absolute Gasteiger partial charge is 0.480 e. The summed E-state index contributed by atoms with van der Waals surface area (Å²) >= 11 is 0. The molecule has 0 aromatic heterocycles. The van der Waals surface area contributed by atoms with Gasteiger partial charge in [-0.1, -0.05) is 6.92 Å². The van der Waals surface area contributed by atoms with Crippen LogP contribution in [0.2, 0.25) is 0 Å². The van der Waals surface area contributed by atoms with Gasteiger partial charge in [0.25, 0.3) is 0 Å². The Labute approximate surface area is 101 Å². The highest BCUT2D eigenvalue weighted by Crippen LogP contribution is 2.19. The minimum Gasteiger partial charge on any atom is -0.480 e. The first-order chi connectivity index (χ1) is 8.10. The molecule has 6 nitrogen and oxygen atoms in total. The van der Waals surface area contributed by atoms with Crippen molar-refractivity contribution < 1.29 is 19.8 Å². The van der Waals surface area contributed by atoms with E-state index in [9.17, 15) is 9.59 Å². The molecule has 0 saturated carbocycles. The fourth-order valence-electron chi connectivity index (χ4n) is 2.15. The number of hydrogen-bond donors (Lipinski definition) is 3. The first-order valence-corrected chi connectivity index (χ1v) is 6.01. The minimum atomic E-state index is -1.11. The number of hydrogen-bond acceptors (Lipinski definition) is 3. The van der Waals surface area contributed by atoms with Crippen LogP contribution in [0.4, 0.5) is 4.79 Å². The van der Waals surface area contributed by atoms with E-state index in [0.717, 1.165) is 19.3 Å². The quantitative estimate of drug-likeness (QED) is 0.653. The van der Waals surface area contributed by atoms with Crippen LogP contribution in [0.1, 0.15) is 32.6 Å². The Bertz CT molecular complexity index is 283. The zero-order valence-electron chi connectivity index (χ0n) is 10.1. The molecule has 2 atom stereocenters. The van der Waals surface area contributed by atoms with Gasteiger partial charge in [-0.3, -0.25) is 0 Å². The number of likely N-dealkylation sites (tertiary alicyclic amines) is 1. The van der Waals surface area contributed by atoms with Crippen LogP contribution in [0, 0.1) is 0 Å². The van der Waals surface area contributed by atoms with Gasteiger partial charge >= 0.3 is 12.0 Å². The van der Waals surface area contributed by atoms with Gasteiger partial charge < -0.3 is 20.4 Å². The molecule has 1 heterocycles. The molecule has 98 valence electrons. The Balaban J connectivity index is 2.54. The molecule has 0 radical (unpaired) electrons. The van der Waals surface area contributed by atoms with E-state index in [1.807, 2.05) is 6.92 Å².